The summed E-state index contributed by atoms with van der Waals surface area (Å²) >= 11 is 5.80. The summed E-state index contributed by atoms with van der Waals surface area (Å²) in [6.45, 7) is 1.89. The number of aryl methyl sites for hydroxylation is 1. The number of benzene rings is 1. The highest BCUT2D eigenvalue weighted by Gasteiger charge is 2.12. The molecule has 1 heterocycles. The maximum atomic E-state index is 11.0. The van der Waals surface area contributed by atoms with Gasteiger partial charge in [0.15, 0.2) is 0 Å². The van der Waals surface area contributed by atoms with Gasteiger partial charge in [-0.2, -0.15) is 0 Å². The number of carboxylic acid groups (broad SMARTS) is 1. The second-order valence-corrected chi connectivity index (χ2v) is 4.10. The van der Waals surface area contributed by atoms with Crippen LogP contribution in [0.5, 0.6) is 5.75 Å². The highest BCUT2D eigenvalue weighted by Crippen LogP contribution is 2.24. The Morgan fingerprint density at radius 3 is 2.89 bits per heavy atom. The lowest BCUT2D eigenvalue weighted by Gasteiger charge is -2.07. The van der Waals surface area contributed by atoms with E-state index in [1.165, 1.54) is 18.2 Å². The topological polar surface area (TPSA) is 72.6 Å². The Morgan fingerprint density at radius 2 is 2.28 bits per heavy atom. The van der Waals surface area contributed by atoms with Gasteiger partial charge < -0.3 is 14.4 Å². The SMILES string of the molecule is Cc1cc(COc2cc(Cl)ccc2C(=O)O)no1. The molecule has 0 unspecified atom stereocenters. The molecular weight excluding hydrogens is 258 g/mol. The largest absolute Gasteiger partial charge is 0.486 e. The number of rotatable bonds is 4. The third kappa shape index (κ3) is 2.81. The van der Waals surface area contributed by atoms with Crippen LogP contribution < -0.4 is 4.74 Å². The molecule has 0 atom stereocenters. The van der Waals surface area contributed by atoms with Crippen molar-refractivity contribution in [1.29, 1.82) is 0 Å². The molecule has 1 aromatic heterocycles. The van der Waals surface area contributed by atoms with E-state index in [0.29, 0.717) is 16.5 Å². The second kappa shape index (κ2) is 5.10. The molecule has 0 amide bonds. The number of aromatic carboxylic acids is 1. The van der Waals surface area contributed by atoms with E-state index in [4.69, 9.17) is 26.0 Å². The Kier molecular flexibility index (Phi) is 3.53. The molecule has 0 aliphatic heterocycles. The van der Waals surface area contributed by atoms with Crippen molar-refractivity contribution in [3.63, 3.8) is 0 Å². The average molecular weight is 268 g/mol. The zero-order chi connectivity index (χ0) is 13.1. The van der Waals surface area contributed by atoms with E-state index in [2.05, 4.69) is 5.16 Å². The van der Waals surface area contributed by atoms with Gasteiger partial charge in [0.2, 0.25) is 0 Å². The van der Waals surface area contributed by atoms with Crippen molar-refractivity contribution in [3.05, 3.63) is 46.3 Å². The van der Waals surface area contributed by atoms with Crippen LogP contribution in [-0.4, -0.2) is 16.2 Å². The zero-order valence-electron chi connectivity index (χ0n) is 9.51. The van der Waals surface area contributed by atoms with Gasteiger partial charge in [0.05, 0.1) is 0 Å². The first-order chi connectivity index (χ1) is 8.56. The maximum absolute atomic E-state index is 11.0. The van der Waals surface area contributed by atoms with Gasteiger partial charge in [0, 0.05) is 11.1 Å². The summed E-state index contributed by atoms with van der Waals surface area (Å²) in [5, 5.41) is 13.2. The van der Waals surface area contributed by atoms with E-state index in [1.807, 2.05) is 0 Å². The van der Waals surface area contributed by atoms with Crippen molar-refractivity contribution in [3.8, 4) is 5.75 Å². The first-order valence-corrected chi connectivity index (χ1v) is 5.52. The van der Waals surface area contributed by atoms with Crippen molar-refractivity contribution in [1.82, 2.24) is 5.16 Å². The van der Waals surface area contributed by atoms with Crippen LogP contribution in [0.1, 0.15) is 21.8 Å². The van der Waals surface area contributed by atoms with Gasteiger partial charge in [-0.1, -0.05) is 16.8 Å². The van der Waals surface area contributed by atoms with Crippen molar-refractivity contribution >= 4 is 17.6 Å². The fraction of sp³-hybridized carbons (Fsp3) is 0.167. The monoisotopic (exact) mass is 267 g/mol. The number of ether oxygens (including phenoxy) is 1. The Bertz CT molecular complexity index is 579. The molecule has 0 fully saturated rings. The van der Waals surface area contributed by atoms with Crippen molar-refractivity contribution < 1.29 is 19.2 Å². The molecule has 0 bridgehead atoms. The normalized spacial score (nSPS) is 10.3. The molecule has 1 N–H and O–H groups in total. The first-order valence-electron chi connectivity index (χ1n) is 5.14. The number of carbonyl (C=O) groups is 1. The van der Waals surface area contributed by atoms with E-state index in [9.17, 15) is 4.79 Å². The molecule has 18 heavy (non-hydrogen) atoms. The third-order valence-electron chi connectivity index (χ3n) is 2.23. The van der Waals surface area contributed by atoms with Crippen molar-refractivity contribution in [2.24, 2.45) is 0 Å². The van der Waals surface area contributed by atoms with E-state index < -0.39 is 5.97 Å². The molecule has 6 heteroatoms. The summed E-state index contributed by atoms with van der Waals surface area (Å²) in [5.74, 6) is -0.202. The van der Waals surface area contributed by atoms with Gasteiger partial charge >= 0.3 is 5.97 Å². The van der Waals surface area contributed by atoms with Gasteiger partial charge in [-0.25, -0.2) is 4.79 Å². The Morgan fingerprint density at radius 1 is 1.50 bits per heavy atom. The van der Waals surface area contributed by atoms with Crippen LogP contribution in [0.2, 0.25) is 5.02 Å². The summed E-state index contributed by atoms with van der Waals surface area (Å²) < 4.78 is 10.3. The van der Waals surface area contributed by atoms with E-state index >= 15 is 0 Å². The number of nitrogens with zero attached hydrogens (tertiary/aromatic N) is 1. The van der Waals surface area contributed by atoms with Crippen LogP contribution >= 0.6 is 11.6 Å². The number of hydrogen-bond acceptors (Lipinski definition) is 4. The molecule has 94 valence electrons. The molecule has 5 nitrogen and oxygen atoms in total. The molecule has 2 rings (SSSR count). The van der Waals surface area contributed by atoms with Crippen LogP contribution in [0.25, 0.3) is 0 Å². The minimum absolute atomic E-state index is 0.0552. The number of hydrogen-bond donors (Lipinski definition) is 1. The van der Waals surface area contributed by atoms with Crippen LogP contribution in [-0.2, 0) is 6.61 Å². The lowest BCUT2D eigenvalue weighted by Crippen LogP contribution is -2.03. The standard InChI is InChI=1S/C12H10ClNO4/c1-7-4-9(14-18-7)6-17-11-5-8(13)2-3-10(11)12(15)16/h2-5H,6H2,1H3,(H,15,16). The van der Waals surface area contributed by atoms with Crippen molar-refractivity contribution in [2.75, 3.05) is 0 Å². The third-order valence-corrected chi connectivity index (χ3v) is 2.46. The van der Waals surface area contributed by atoms with Gasteiger partial charge in [-0.3, -0.25) is 0 Å². The van der Waals surface area contributed by atoms with E-state index in [0.717, 1.165) is 0 Å². The molecule has 0 radical (unpaired) electrons. The highest BCUT2D eigenvalue weighted by atomic mass is 35.5. The molecule has 0 saturated carbocycles. The van der Waals surface area contributed by atoms with Gasteiger partial charge in [-0.15, -0.1) is 0 Å². The quantitative estimate of drug-likeness (QED) is 0.922. The summed E-state index contributed by atoms with van der Waals surface area (Å²) in [7, 11) is 0. The molecule has 0 spiro atoms. The smallest absolute Gasteiger partial charge is 0.339 e. The average Bonchev–Trinajstić information content (AvgIpc) is 2.72. The van der Waals surface area contributed by atoms with Crippen LogP contribution in [0.15, 0.2) is 28.8 Å². The lowest BCUT2D eigenvalue weighted by molar-refractivity contribution is 0.0691. The number of halogens is 1. The summed E-state index contributed by atoms with van der Waals surface area (Å²) in [6.07, 6.45) is 0. The predicted octanol–water partition coefficient (Wildman–Crippen LogP) is 2.91. The summed E-state index contributed by atoms with van der Waals surface area (Å²) in [5.41, 5.74) is 0.642. The van der Waals surface area contributed by atoms with Gasteiger partial charge in [0.1, 0.15) is 29.4 Å². The summed E-state index contributed by atoms with van der Waals surface area (Å²) in [6, 6.07) is 6.06. The Balaban J connectivity index is 2.17. The molecule has 2 aromatic rings. The van der Waals surface area contributed by atoms with Crippen LogP contribution in [0.4, 0.5) is 0 Å². The molecule has 0 saturated heterocycles. The molecular formula is C12H10ClNO4. The minimum Gasteiger partial charge on any atom is -0.486 e. The predicted molar refractivity (Wildman–Crippen MR) is 64.0 cm³/mol. The van der Waals surface area contributed by atoms with Crippen LogP contribution in [0, 0.1) is 6.92 Å². The maximum Gasteiger partial charge on any atom is 0.339 e. The fourth-order valence-electron chi connectivity index (χ4n) is 1.43. The lowest BCUT2D eigenvalue weighted by atomic mass is 10.2. The van der Waals surface area contributed by atoms with Crippen molar-refractivity contribution in [2.45, 2.75) is 13.5 Å². The molecule has 1 aromatic carbocycles. The first kappa shape index (κ1) is 12.4. The molecule has 0 aliphatic carbocycles. The van der Waals surface area contributed by atoms with E-state index in [-0.39, 0.29) is 17.9 Å². The number of aromatic nitrogens is 1. The Hall–Kier alpha value is -2.01. The highest BCUT2D eigenvalue weighted by molar-refractivity contribution is 6.30. The fourth-order valence-corrected chi connectivity index (χ4v) is 1.59. The number of carboxylic acids is 1. The molecule has 0 aliphatic rings. The summed E-state index contributed by atoms with van der Waals surface area (Å²) in [4.78, 5) is 11.0. The van der Waals surface area contributed by atoms with E-state index in [1.54, 1.807) is 13.0 Å². The minimum atomic E-state index is -1.07. The van der Waals surface area contributed by atoms with Crippen LogP contribution in [0.3, 0.4) is 0 Å². The second-order valence-electron chi connectivity index (χ2n) is 3.66. The zero-order valence-corrected chi connectivity index (χ0v) is 10.3. The van der Waals surface area contributed by atoms with Gasteiger partial charge in [-0.05, 0) is 25.1 Å². The Labute approximate surface area is 108 Å². The van der Waals surface area contributed by atoms with Gasteiger partial charge in [0.25, 0.3) is 0 Å².